The number of Topliss-reactive ketones (excluding diaryl/α,β-unsaturated/α-hetero) is 1. The number of hydrogen-bond acceptors (Lipinski definition) is 12. The van der Waals surface area contributed by atoms with Crippen LogP contribution in [0.5, 0.6) is 0 Å². The fourth-order valence-electron chi connectivity index (χ4n) is 6.19. The second kappa shape index (κ2) is 25.6. The Morgan fingerprint density at radius 3 is 1.77 bits per heavy atom. The zero-order valence-corrected chi connectivity index (χ0v) is 35.3. The monoisotopic (exact) mass is 851 g/mol. The maximum atomic E-state index is 14.1. The summed E-state index contributed by atoms with van der Waals surface area (Å²) in [6.07, 6.45) is 0.127. The molecule has 0 radical (unpaired) electrons. The van der Waals surface area contributed by atoms with Crippen LogP contribution in [-0.4, -0.2) is 136 Å². The molecule has 60 heavy (non-hydrogen) atoms. The summed E-state index contributed by atoms with van der Waals surface area (Å²) >= 11 is 0. The zero-order chi connectivity index (χ0) is 45.9. The number of carbonyl (C=O) groups excluding carboxylic acids is 9. The number of ketones is 1. The van der Waals surface area contributed by atoms with Gasteiger partial charge >= 0.3 is 17.9 Å². The van der Waals surface area contributed by atoms with Gasteiger partial charge in [0.15, 0.2) is 0 Å². The van der Waals surface area contributed by atoms with Crippen molar-refractivity contribution < 1.29 is 67.7 Å². The Kier molecular flexibility index (Phi) is 22.2. The molecule has 1 saturated heterocycles. The number of esters is 1. The molecule has 0 bridgehead atoms. The molecule has 21 nitrogen and oxygen atoms in total. The van der Waals surface area contributed by atoms with Crippen LogP contribution in [0.2, 0.25) is 0 Å². The van der Waals surface area contributed by atoms with Gasteiger partial charge in [-0.2, -0.15) is 0 Å². The Hall–Kier alpha value is -5.89. The zero-order valence-electron chi connectivity index (χ0n) is 35.3. The second-order valence-corrected chi connectivity index (χ2v) is 15.5. The first-order valence-corrected chi connectivity index (χ1v) is 19.8. The third kappa shape index (κ3) is 17.9. The molecule has 1 fully saturated rings. The van der Waals surface area contributed by atoms with E-state index in [0.29, 0.717) is 6.42 Å². The molecule has 7 amide bonds. The average Bonchev–Trinajstić information content (AvgIpc) is 3.66. The molecule has 0 spiro atoms. The number of likely N-dealkylation sites (tertiary alicyclic amines) is 1. The van der Waals surface area contributed by atoms with E-state index in [9.17, 15) is 57.8 Å². The topological polar surface area (TPSA) is 313 Å². The van der Waals surface area contributed by atoms with Crippen molar-refractivity contribution in [2.75, 3.05) is 19.7 Å². The van der Waals surface area contributed by atoms with Gasteiger partial charge < -0.3 is 51.8 Å². The van der Waals surface area contributed by atoms with Gasteiger partial charge in [0.05, 0.1) is 6.04 Å². The minimum absolute atomic E-state index is 0.0635. The summed E-state index contributed by atoms with van der Waals surface area (Å²) in [5, 5.41) is 33.0. The maximum Gasteiger partial charge on any atom is 0.325 e. The fourth-order valence-corrected chi connectivity index (χ4v) is 6.19. The lowest BCUT2D eigenvalue weighted by molar-refractivity contribution is -0.146. The Bertz CT molecular complexity index is 1610. The van der Waals surface area contributed by atoms with Crippen molar-refractivity contribution in [2.24, 2.45) is 17.8 Å². The molecule has 336 valence electrons. The molecule has 0 saturated carbocycles. The summed E-state index contributed by atoms with van der Waals surface area (Å²) in [7, 11) is 0. The summed E-state index contributed by atoms with van der Waals surface area (Å²) in [5.74, 6) is -11.6. The van der Waals surface area contributed by atoms with Crippen LogP contribution in [0.4, 0.5) is 0 Å². The van der Waals surface area contributed by atoms with E-state index in [2.05, 4.69) is 38.5 Å². The summed E-state index contributed by atoms with van der Waals surface area (Å²) in [6.45, 7) is 14.0. The van der Waals surface area contributed by atoms with Gasteiger partial charge in [-0.25, -0.2) is 0 Å². The number of nitrogens with one attached hydrogen (secondary N) is 6. The highest BCUT2D eigenvalue weighted by Crippen LogP contribution is 2.22. The molecule has 0 aromatic heterocycles. The summed E-state index contributed by atoms with van der Waals surface area (Å²) < 4.78 is 4.79. The van der Waals surface area contributed by atoms with Crippen LogP contribution in [0.15, 0.2) is 12.7 Å². The normalized spacial score (nSPS) is 16.0. The molecule has 21 heteroatoms. The molecule has 6 atom stereocenters. The van der Waals surface area contributed by atoms with Crippen molar-refractivity contribution in [3.8, 4) is 0 Å². The predicted octanol–water partition coefficient (Wildman–Crippen LogP) is -1.08. The van der Waals surface area contributed by atoms with E-state index in [-0.39, 0.29) is 38.3 Å². The van der Waals surface area contributed by atoms with Gasteiger partial charge in [0.25, 0.3) is 5.91 Å². The molecule has 0 unspecified atom stereocenters. The van der Waals surface area contributed by atoms with E-state index in [1.54, 1.807) is 41.5 Å². The summed E-state index contributed by atoms with van der Waals surface area (Å²) in [5.41, 5.74) is 0. The van der Waals surface area contributed by atoms with Gasteiger partial charge in [0.2, 0.25) is 41.2 Å². The van der Waals surface area contributed by atoms with Crippen LogP contribution in [0.1, 0.15) is 93.4 Å². The van der Waals surface area contributed by atoms with Crippen LogP contribution in [0.25, 0.3) is 0 Å². The van der Waals surface area contributed by atoms with E-state index in [0.717, 1.165) is 6.92 Å². The standard InChI is InChI=1S/C39H61N7O14/c1-9-17-60-30(52)19-40-38(58)33(53)26(18-20(2)3)43-36(56)27-11-10-16-46(27)39(59)32(22(6)7)45-37(57)31(21(4)5)44-35(55)25(13-15-29(50)51)42-34(54)24(41-23(8)47)12-14-28(48)49/h9,20-22,24-27,31-32H,1,10-19H2,2-8H3,(H,40,58)(H,41,47)(H,42,54)(H,43,56)(H,44,55)(H,45,57)(H,48,49)(H,50,51)/t24-,25-,26-,27-,31-,32-/m0/s1. The summed E-state index contributed by atoms with van der Waals surface area (Å²) in [4.78, 5) is 141. The van der Waals surface area contributed by atoms with Gasteiger partial charge in [-0.1, -0.05) is 54.2 Å². The largest absolute Gasteiger partial charge is 0.481 e. The SMILES string of the molecule is C=CCOC(=O)CNC(=O)C(=O)[C@H](CC(C)C)NC(=O)[C@@H]1CCCN1C(=O)[C@@H](NC(=O)[C@@H](NC(=O)[C@H](CCC(=O)O)NC(=O)[C@H](CCC(=O)O)NC(C)=O)C(C)C)C(C)C. The number of aliphatic carboxylic acids is 2. The maximum absolute atomic E-state index is 14.1. The minimum Gasteiger partial charge on any atom is -0.481 e. The van der Waals surface area contributed by atoms with Crippen LogP contribution in [0, 0.1) is 17.8 Å². The highest BCUT2D eigenvalue weighted by atomic mass is 16.5. The number of carboxylic acid groups (broad SMARTS) is 2. The second-order valence-electron chi connectivity index (χ2n) is 15.5. The molecule has 0 aromatic rings. The Labute approximate surface area is 348 Å². The van der Waals surface area contributed by atoms with E-state index >= 15 is 0 Å². The number of amides is 7. The van der Waals surface area contributed by atoms with E-state index in [4.69, 9.17) is 9.84 Å². The fraction of sp³-hybridized carbons (Fsp3) is 0.667. The predicted molar refractivity (Wildman–Crippen MR) is 212 cm³/mol. The smallest absolute Gasteiger partial charge is 0.325 e. The van der Waals surface area contributed by atoms with Crippen molar-refractivity contribution in [1.82, 2.24) is 36.8 Å². The third-order valence-corrected chi connectivity index (χ3v) is 9.26. The van der Waals surface area contributed by atoms with E-state index < -0.39 is 139 Å². The van der Waals surface area contributed by atoms with Crippen molar-refractivity contribution in [3.05, 3.63) is 12.7 Å². The lowest BCUT2D eigenvalue weighted by Gasteiger charge is -2.33. The van der Waals surface area contributed by atoms with Crippen molar-refractivity contribution in [1.29, 1.82) is 0 Å². The molecule has 0 aromatic carbocycles. The number of ether oxygens (including phenoxy) is 1. The van der Waals surface area contributed by atoms with Crippen molar-refractivity contribution in [2.45, 2.75) is 130 Å². The number of hydrogen-bond donors (Lipinski definition) is 8. The molecule has 1 heterocycles. The van der Waals surface area contributed by atoms with Gasteiger partial charge in [0, 0.05) is 26.3 Å². The van der Waals surface area contributed by atoms with E-state index in [1.165, 1.54) is 11.0 Å². The Morgan fingerprint density at radius 2 is 1.27 bits per heavy atom. The first-order chi connectivity index (χ1) is 28.0. The van der Waals surface area contributed by atoms with Crippen LogP contribution in [0.3, 0.4) is 0 Å². The Balaban J connectivity index is 3.23. The molecule has 1 aliphatic heterocycles. The number of nitrogens with zero attached hydrogens (tertiary/aromatic N) is 1. The quantitative estimate of drug-likeness (QED) is 0.0292. The third-order valence-electron chi connectivity index (χ3n) is 9.26. The van der Waals surface area contributed by atoms with Crippen molar-refractivity contribution in [3.63, 3.8) is 0 Å². The highest BCUT2D eigenvalue weighted by molar-refractivity contribution is 6.38. The molecule has 0 aliphatic carbocycles. The Morgan fingerprint density at radius 1 is 0.733 bits per heavy atom. The van der Waals surface area contributed by atoms with Gasteiger partial charge in [-0.15, -0.1) is 0 Å². The molecule has 1 rings (SSSR count). The highest BCUT2D eigenvalue weighted by Gasteiger charge is 2.41. The molecule has 8 N–H and O–H groups in total. The first-order valence-electron chi connectivity index (χ1n) is 19.8. The van der Waals surface area contributed by atoms with Gasteiger partial charge in [-0.3, -0.25) is 52.7 Å². The van der Waals surface area contributed by atoms with E-state index in [1.807, 2.05) is 0 Å². The lowest BCUT2D eigenvalue weighted by Crippen LogP contribution is -2.61. The number of carboxylic acids is 2. The summed E-state index contributed by atoms with van der Waals surface area (Å²) in [6, 6.07) is -7.83. The van der Waals surface area contributed by atoms with Crippen LogP contribution < -0.4 is 31.9 Å². The van der Waals surface area contributed by atoms with Crippen LogP contribution >= 0.6 is 0 Å². The van der Waals surface area contributed by atoms with Gasteiger partial charge in [-0.05, 0) is 49.9 Å². The molecular weight excluding hydrogens is 790 g/mol. The molecule has 1 aliphatic rings. The first kappa shape index (κ1) is 52.1. The molecular formula is C39H61N7O14. The minimum atomic E-state index is -1.54. The average molecular weight is 852 g/mol. The number of carbonyl (C=O) groups is 11. The van der Waals surface area contributed by atoms with Gasteiger partial charge in [0.1, 0.15) is 43.4 Å². The number of rotatable bonds is 26. The van der Waals surface area contributed by atoms with Crippen LogP contribution in [-0.2, 0) is 57.5 Å². The van der Waals surface area contributed by atoms with Crippen molar-refractivity contribution >= 4 is 65.0 Å². The lowest BCUT2D eigenvalue weighted by atomic mass is 9.98.